The van der Waals surface area contributed by atoms with Crippen LogP contribution in [0, 0.1) is 13.8 Å². The number of carbonyl (C=O) groups excluding carboxylic acids is 3. The predicted octanol–water partition coefficient (Wildman–Crippen LogP) is 5.73. The van der Waals surface area contributed by atoms with Crippen molar-refractivity contribution in [1.82, 2.24) is 15.5 Å². The number of amides is 3. The number of carbonyl (C=O) groups is 3. The van der Waals surface area contributed by atoms with E-state index in [0.717, 1.165) is 68.1 Å². The maximum atomic E-state index is 13.8. The maximum absolute atomic E-state index is 13.8. The molecule has 0 heterocycles. The van der Waals surface area contributed by atoms with Gasteiger partial charge in [0.15, 0.2) is 0 Å². The Hall–Kier alpha value is -2.57. The van der Waals surface area contributed by atoms with Crippen LogP contribution in [0.3, 0.4) is 0 Å². The zero-order valence-electron chi connectivity index (χ0n) is 23.2. The van der Waals surface area contributed by atoms with Gasteiger partial charge >= 0.3 is 6.09 Å². The lowest BCUT2D eigenvalue weighted by Gasteiger charge is -2.34. The Morgan fingerprint density at radius 1 is 1.03 bits per heavy atom. The average Bonchev–Trinajstić information content (AvgIpc) is 2.81. The number of ether oxygens (including phenoxy) is 1. The lowest BCUT2D eigenvalue weighted by atomic mass is 9.94. The number of unbranched alkanes of at least 4 members (excludes halogenated alkanes) is 3. The van der Waals surface area contributed by atoms with Crippen molar-refractivity contribution in [3.05, 3.63) is 34.9 Å². The molecule has 1 fully saturated rings. The van der Waals surface area contributed by atoms with E-state index in [1.165, 1.54) is 6.42 Å². The van der Waals surface area contributed by atoms with Crippen LogP contribution in [0.2, 0.25) is 0 Å². The fraction of sp³-hybridized carbons (Fsp3) is 0.690. The Bertz CT molecular complexity index is 872. The van der Waals surface area contributed by atoms with Crippen molar-refractivity contribution >= 4 is 17.9 Å². The van der Waals surface area contributed by atoms with E-state index >= 15 is 0 Å². The molecule has 0 aliphatic heterocycles. The van der Waals surface area contributed by atoms with Crippen LogP contribution in [0.5, 0.6) is 0 Å². The monoisotopic (exact) mass is 501 g/mol. The highest BCUT2D eigenvalue weighted by Gasteiger charge is 2.33. The van der Waals surface area contributed by atoms with E-state index in [2.05, 4.69) is 17.6 Å². The van der Waals surface area contributed by atoms with Crippen LogP contribution in [-0.2, 0) is 14.3 Å². The molecule has 0 bridgehead atoms. The van der Waals surface area contributed by atoms with Gasteiger partial charge in [-0.3, -0.25) is 9.59 Å². The van der Waals surface area contributed by atoms with E-state index in [9.17, 15) is 14.4 Å². The summed E-state index contributed by atoms with van der Waals surface area (Å²) in [7, 11) is 0. The maximum Gasteiger partial charge on any atom is 0.408 e. The fourth-order valence-corrected chi connectivity index (χ4v) is 4.60. The SMILES string of the molecule is CCCCCCN(C(=O)CNC(=O)OC(C)(C)C)C(C(=O)NC1CCCCC1)c1ccc(C)c(C)c1. The summed E-state index contributed by atoms with van der Waals surface area (Å²) in [4.78, 5) is 41.1. The number of hydrogen-bond acceptors (Lipinski definition) is 4. The summed E-state index contributed by atoms with van der Waals surface area (Å²) in [6.07, 6.45) is 8.64. The Labute approximate surface area is 217 Å². The number of aryl methyl sites for hydroxylation is 2. The summed E-state index contributed by atoms with van der Waals surface area (Å²) in [5.41, 5.74) is 2.35. The summed E-state index contributed by atoms with van der Waals surface area (Å²) in [5.74, 6) is -0.439. The minimum atomic E-state index is -0.749. The second-order valence-corrected chi connectivity index (χ2v) is 11.1. The van der Waals surface area contributed by atoms with E-state index in [4.69, 9.17) is 4.74 Å². The molecule has 2 N–H and O–H groups in total. The zero-order chi connectivity index (χ0) is 26.7. The van der Waals surface area contributed by atoms with Gasteiger partial charge in [0.1, 0.15) is 18.2 Å². The van der Waals surface area contributed by atoms with Crippen molar-refractivity contribution in [2.45, 2.75) is 117 Å². The first kappa shape index (κ1) is 29.7. The molecule has 1 atom stereocenters. The third kappa shape index (κ3) is 9.82. The topological polar surface area (TPSA) is 87.7 Å². The standard InChI is InChI=1S/C29H47N3O4/c1-7-8-9-13-18-32(25(33)20-30-28(35)36-29(4,5)6)26(23-17-16-21(2)22(3)19-23)27(34)31-24-14-11-10-12-15-24/h16-17,19,24,26H,7-15,18,20H2,1-6H3,(H,30,35)(H,31,34). The van der Waals surface area contributed by atoms with Gasteiger partial charge in [-0.25, -0.2) is 4.79 Å². The predicted molar refractivity (Wildman–Crippen MR) is 144 cm³/mol. The molecule has 3 amide bonds. The largest absolute Gasteiger partial charge is 0.444 e. The molecule has 2 rings (SSSR count). The average molecular weight is 502 g/mol. The summed E-state index contributed by atoms with van der Waals surface area (Å²) < 4.78 is 5.30. The Morgan fingerprint density at radius 2 is 1.72 bits per heavy atom. The van der Waals surface area contributed by atoms with Gasteiger partial charge in [-0.2, -0.15) is 0 Å². The van der Waals surface area contributed by atoms with E-state index in [0.29, 0.717) is 6.54 Å². The van der Waals surface area contributed by atoms with Crippen molar-refractivity contribution < 1.29 is 19.1 Å². The second kappa shape index (κ2) is 14.2. The molecule has 1 aliphatic rings. The van der Waals surface area contributed by atoms with Crippen LogP contribution in [0.25, 0.3) is 0 Å². The molecule has 1 saturated carbocycles. The summed E-state index contributed by atoms with van der Waals surface area (Å²) >= 11 is 0. The molecule has 7 heteroatoms. The van der Waals surface area contributed by atoms with Gasteiger partial charge in [-0.05, 0) is 70.6 Å². The highest BCUT2D eigenvalue weighted by molar-refractivity contribution is 5.90. The number of hydrogen-bond donors (Lipinski definition) is 2. The van der Waals surface area contributed by atoms with Gasteiger partial charge in [-0.1, -0.05) is 63.6 Å². The summed E-state index contributed by atoms with van der Waals surface area (Å²) in [5, 5.41) is 5.82. The number of benzene rings is 1. The quantitative estimate of drug-likeness (QED) is 0.379. The van der Waals surface area contributed by atoms with Crippen LogP contribution in [-0.4, -0.2) is 47.5 Å². The van der Waals surface area contributed by atoms with Gasteiger partial charge in [-0.15, -0.1) is 0 Å². The van der Waals surface area contributed by atoms with Crippen LogP contribution >= 0.6 is 0 Å². The number of rotatable bonds is 11. The summed E-state index contributed by atoms with van der Waals surface area (Å²) in [6, 6.07) is 5.34. The van der Waals surface area contributed by atoms with Crippen LogP contribution in [0.1, 0.15) is 108 Å². The zero-order valence-corrected chi connectivity index (χ0v) is 23.2. The number of nitrogens with one attached hydrogen (secondary N) is 2. The molecule has 0 radical (unpaired) electrons. The first-order chi connectivity index (χ1) is 17.0. The van der Waals surface area contributed by atoms with Gasteiger partial charge < -0.3 is 20.3 Å². The first-order valence-corrected chi connectivity index (χ1v) is 13.7. The molecule has 0 aromatic heterocycles. The molecular weight excluding hydrogens is 454 g/mol. The van der Waals surface area contributed by atoms with Crippen LogP contribution < -0.4 is 10.6 Å². The van der Waals surface area contributed by atoms with Gasteiger partial charge in [0, 0.05) is 12.6 Å². The van der Waals surface area contributed by atoms with Gasteiger partial charge in [0.25, 0.3) is 0 Å². The molecule has 0 spiro atoms. The van der Waals surface area contributed by atoms with Crippen LogP contribution in [0.4, 0.5) is 4.79 Å². The molecule has 0 saturated heterocycles. The first-order valence-electron chi connectivity index (χ1n) is 13.7. The lowest BCUT2D eigenvalue weighted by Crippen LogP contribution is -2.50. The Kier molecular flexibility index (Phi) is 11.7. The van der Waals surface area contributed by atoms with Crippen LogP contribution in [0.15, 0.2) is 18.2 Å². The minimum absolute atomic E-state index is 0.136. The van der Waals surface area contributed by atoms with E-state index < -0.39 is 17.7 Å². The lowest BCUT2D eigenvalue weighted by molar-refractivity contribution is -0.140. The van der Waals surface area contributed by atoms with E-state index in [1.54, 1.807) is 25.7 Å². The smallest absolute Gasteiger partial charge is 0.408 e. The molecule has 36 heavy (non-hydrogen) atoms. The highest BCUT2D eigenvalue weighted by atomic mass is 16.6. The third-order valence-corrected chi connectivity index (χ3v) is 6.71. The molecular formula is C29H47N3O4. The second-order valence-electron chi connectivity index (χ2n) is 11.1. The van der Waals surface area contributed by atoms with Crippen molar-refractivity contribution in [2.24, 2.45) is 0 Å². The molecule has 1 aromatic rings. The highest BCUT2D eigenvalue weighted by Crippen LogP contribution is 2.26. The third-order valence-electron chi connectivity index (χ3n) is 6.71. The Morgan fingerprint density at radius 3 is 2.33 bits per heavy atom. The number of nitrogens with zero attached hydrogens (tertiary/aromatic N) is 1. The van der Waals surface area contributed by atoms with E-state index in [1.807, 2.05) is 32.0 Å². The normalized spacial score (nSPS) is 15.2. The van der Waals surface area contributed by atoms with Gasteiger partial charge in [0.05, 0.1) is 0 Å². The molecule has 7 nitrogen and oxygen atoms in total. The van der Waals surface area contributed by atoms with Gasteiger partial charge in [0.2, 0.25) is 11.8 Å². The molecule has 1 aliphatic carbocycles. The van der Waals surface area contributed by atoms with Crippen molar-refractivity contribution in [2.75, 3.05) is 13.1 Å². The molecule has 1 unspecified atom stereocenters. The van der Waals surface area contributed by atoms with Crippen molar-refractivity contribution in [3.8, 4) is 0 Å². The number of alkyl carbamates (subject to hydrolysis) is 1. The molecule has 1 aromatic carbocycles. The summed E-state index contributed by atoms with van der Waals surface area (Å²) in [6.45, 7) is 11.8. The minimum Gasteiger partial charge on any atom is -0.444 e. The fourth-order valence-electron chi connectivity index (χ4n) is 4.60. The Balaban J connectivity index is 2.31. The van der Waals surface area contributed by atoms with Crippen molar-refractivity contribution in [3.63, 3.8) is 0 Å². The van der Waals surface area contributed by atoms with E-state index in [-0.39, 0.29) is 24.4 Å². The molecule has 202 valence electrons. The van der Waals surface area contributed by atoms with Crippen molar-refractivity contribution in [1.29, 1.82) is 0 Å².